The van der Waals surface area contributed by atoms with E-state index in [0.717, 1.165) is 53.6 Å². The second-order valence-electron chi connectivity index (χ2n) is 7.11. The summed E-state index contributed by atoms with van der Waals surface area (Å²) in [4.78, 5) is 16.3. The number of amides is 1. The molecule has 1 aromatic heterocycles. The van der Waals surface area contributed by atoms with Crippen molar-refractivity contribution < 1.29 is 4.79 Å². The van der Waals surface area contributed by atoms with Crippen molar-refractivity contribution in [3.63, 3.8) is 0 Å². The van der Waals surface area contributed by atoms with E-state index >= 15 is 0 Å². The number of hydrogen-bond donors (Lipinski definition) is 1. The van der Waals surface area contributed by atoms with Gasteiger partial charge in [-0.1, -0.05) is 36.3 Å². The fourth-order valence-corrected chi connectivity index (χ4v) is 4.83. The second-order valence-corrected chi connectivity index (χ2v) is 8.07. The summed E-state index contributed by atoms with van der Waals surface area (Å²) < 4.78 is 0. The van der Waals surface area contributed by atoms with E-state index in [-0.39, 0.29) is 5.91 Å². The van der Waals surface area contributed by atoms with Gasteiger partial charge in [0.1, 0.15) is 5.01 Å². The average Bonchev–Trinajstić information content (AvgIpc) is 3.34. The Morgan fingerprint density at radius 1 is 1.15 bits per heavy atom. The first-order valence-electron chi connectivity index (χ1n) is 9.39. The summed E-state index contributed by atoms with van der Waals surface area (Å²) in [5.74, 6) is -0.0692. The first kappa shape index (κ1) is 17.4. The first-order chi connectivity index (χ1) is 12.7. The third-order valence-electron chi connectivity index (χ3n) is 5.27. The van der Waals surface area contributed by atoms with E-state index < -0.39 is 0 Å². The zero-order valence-corrected chi connectivity index (χ0v) is 16.0. The number of hydrogen-bond acceptors (Lipinski definition) is 6. The topological polar surface area (TPSA) is 61.4 Å². The predicted octanol–water partition coefficient (Wildman–Crippen LogP) is 3.23. The number of carbonyl (C=O) groups excluding carboxylic acids is 1. The molecule has 1 saturated carbocycles. The van der Waals surface area contributed by atoms with Crippen LogP contribution in [-0.2, 0) is 4.79 Å². The zero-order chi connectivity index (χ0) is 17.9. The van der Waals surface area contributed by atoms with Crippen LogP contribution in [0.15, 0.2) is 24.3 Å². The number of carbonyl (C=O) groups is 1. The van der Waals surface area contributed by atoms with Crippen molar-refractivity contribution in [1.82, 2.24) is 15.1 Å². The van der Waals surface area contributed by atoms with Crippen LogP contribution in [0.5, 0.6) is 0 Å². The highest BCUT2D eigenvalue weighted by atomic mass is 32.1. The Morgan fingerprint density at radius 2 is 1.92 bits per heavy atom. The fourth-order valence-electron chi connectivity index (χ4n) is 3.94. The monoisotopic (exact) mass is 371 g/mol. The van der Waals surface area contributed by atoms with Crippen LogP contribution in [0.25, 0.3) is 10.6 Å². The minimum Gasteiger partial charge on any atom is -0.344 e. The molecule has 4 rings (SSSR count). The van der Waals surface area contributed by atoms with Gasteiger partial charge in [0.2, 0.25) is 11.0 Å². The van der Waals surface area contributed by atoms with Crippen molar-refractivity contribution in [1.29, 1.82) is 0 Å². The van der Waals surface area contributed by atoms with E-state index in [1.807, 2.05) is 24.3 Å². The number of anilines is 2. The molecular weight excluding hydrogens is 346 g/mol. The molecule has 0 spiro atoms. The largest absolute Gasteiger partial charge is 0.344 e. The van der Waals surface area contributed by atoms with Gasteiger partial charge in [-0.2, -0.15) is 0 Å². The van der Waals surface area contributed by atoms with Crippen molar-refractivity contribution in [2.75, 3.05) is 36.4 Å². The van der Waals surface area contributed by atoms with E-state index in [9.17, 15) is 4.79 Å². The molecule has 1 aromatic carbocycles. The van der Waals surface area contributed by atoms with Crippen molar-refractivity contribution >= 4 is 28.1 Å². The van der Waals surface area contributed by atoms with Crippen molar-refractivity contribution in [2.24, 2.45) is 0 Å². The molecule has 1 aliphatic heterocycles. The molecule has 6 nitrogen and oxygen atoms in total. The number of aromatic nitrogens is 2. The normalized spacial score (nSPS) is 19.0. The number of piperazine rings is 1. The lowest BCUT2D eigenvalue weighted by Crippen LogP contribution is -2.49. The molecule has 2 aromatic rings. The van der Waals surface area contributed by atoms with Gasteiger partial charge in [-0.15, -0.1) is 10.2 Å². The molecule has 1 N–H and O–H groups in total. The molecule has 2 heterocycles. The molecule has 26 heavy (non-hydrogen) atoms. The summed E-state index contributed by atoms with van der Waals surface area (Å²) in [5.41, 5.74) is 1.78. The SMILES string of the molecule is CC(=O)Nc1cccc(-c2nnc(N3CCN(C4CCCC4)CC3)s2)c1. The van der Waals surface area contributed by atoms with Gasteiger partial charge < -0.3 is 10.2 Å². The molecule has 1 saturated heterocycles. The summed E-state index contributed by atoms with van der Waals surface area (Å²) in [6, 6.07) is 8.58. The van der Waals surface area contributed by atoms with Crippen LogP contribution in [0.3, 0.4) is 0 Å². The lowest BCUT2D eigenvalue weighted by molar-refractivity contribution is -0.114. The molecule has 0 atom stereocenters. The number of nitrogens with zero attached hydrogens (tertiary/aromatic N) is 4. The third-order valence-corrected chi connectivity index (χ3v) is 6.30. The fraction of sp³-hybridized carbons (Fsp3) is 0.526. The van der Waals surface area contributed by atoms with Gasteiger partial charge in [-0.05, 0) is 25.0 Å². The minimum absolute atomic E-state index is 0.0692. The van der Waals surface area contributed by atoms with Gasteiger partial charge in [-0.3, -0.25) is 9.69 Å². The number of benzene rings is 1. The molecule has 138 valence electrons. The maximum absolute atomic E-state index is 11.2. The van der Waals surface area contributed by atoms with Crippen LogP contribution in [0.2, 0.25) is 0 Å². The van der Waals surface area contributed by atoms with Gasteiger partial charge >= 0.3 is 0 Å². The number of rotatable bonds is 4. The Hall–Kier alpha value is -1.99. The van der Waals surface area contributed by atoms with E-state index in [1.165, 1.54) is 32.6 Å². The van der Waals surface area contributed by atoms with E-state index in [2.05, 4.69) is 25.3 Å². The smallest absolute Gasteiger partial charge is 0.221 e. The van der Waals surface area contributed by atoms with Crippen LogP contribution in [-0.4, -0.2) is 53.2 Å². The molecule has 2 aliphatic rings. The van der Waals surface area contributed by atoms with E-state index in [0.29, 0.717) is 0 Å². The van der Waals surface area contributed by atoms with E-state index in [1.54, 1.807) is 11.3 Å². The highest BCUT2D eigenvalue weighted by Crippen LogP contribution is 2.31. The third kappa shape index (κ3) is 3.88. The molecule has 1 aliphatic carbocycles. The minimum atomic E-state index is -0.0692. The average molecular weight is 372 g/mol. The van der Waals surface area contributed by atoms with Crippen LogP contribution < -0.4 is 10.2 Å². The lowest BCUT2D eigenvalue weighted by Gasteiger charge is -2.37. The van der Waals surface area contributed by atoms with Crippen molar-refractivity contribution in [2.45, 2.75) is 38.6 Å². The molecule has 7 heteroatoms. The van der Waals surface area contributed by atoms with Crippen molar-refractivity contribution in [3.8, 4) is 10.6 Å². The summed E-state index contributed by atoms with van der Waals surface area (Å²) in [6.45, 7) is 5.81. The Morgan fingerprint density at radius 3 is 2.65 bits per heavy atom. The molecule has 0 unspecified atom stereocenters. The van der Waals surface area contributed by atoms with E-state index in [4.69, 9.17) is 0 Å². The molecule has 0 radical (unpaired) electrons. The number of nitrogens with one attached hydrogen (secondary N) is 1. The van der Waals surface area contributed by atoms with Gasteiger partial charge in [0.25, 0.3) is 0 Å². The Balaban J connectivity index is 1.41. The molecule has 2 fully saturated rings. The van der Waals surface area contributed by atoms with Gasteiger partial charge in [0.15, 0.2) is 0 Å². The summed E-state index contributed by atoms with van der Waals surface area (Å²) in [6.07, 6.45) is 5.52. The summed E-state index contributed by atoms with van der Waals surface area (Å²) in [7, 11) is 0. The van der Waals surface area contributed by atoms with Crippen LogP contribution in [0.1, 0.15) is 32.6 Å². The second kappa shape index (κ2) is 7.72. The molecular formula is C19H25N5OS. The van der Waals surface area contributed by atoms with Gasteiger partial charge in [0.05, 0.1) is 0 Å². The molecule has 1 amide bonds. The predicted molar refractivity (Wildman–Crippen MR) is 106 cm³/mol. The van der Waals surface area contributed by atoms with Crippen molar-refractivity contribution in [3.05, 3.63) is 24.3 Å². The Bertz CT molecular complexity index is 763. The summed E-state index contributed by atoms with van der Waals surface area (Å²) in [5, 5.41) is 13.5. The highest BCUT2D eigenvalue weighted by molar-refractivity contribution is 7.18. The summed E-state index contributed by atoms with van der Waals surface area (Å²) >= 11 is 1.63. The first-order valence-corrected chi connectivity index (χ1v) is 10.2. The lowest BCUT2D eigenvalue weighted by atomic mass is 10.2. The standard InChI is InChI=1S/C19H25N5OS/c1-14(25)20-16-6-4-5-15(13-16)18-21-22-19(26-18)24-11-9-23(10-12-24)17-7-2-3-8-17/h4-6,13,17H,2-3,7-12H2,1H3,(H,20,25). The maximum Gasteiger partial charge on any atom is 0.221 e. The zero-order valence-electron chi connectivity index (χ0n) is 15.1. The van der Waals surface area contributed by atoms with Crippen LogP contribution in [0.4, 0.5) is 10.8 Å². The van der Waals surface area contributed by atoms with Crippen LogP contribution in [0, 0.1) is 0 Å². The van der Waals surface area contributed by atoms with Crippen LogP contribution >= 0.6 is 11.3 Å². The quantitative estimate of drug-likeness (QED) is 0.894. The Kier molecular flexibility index (Phi) is 5.17. The van der Waals surface area contributed by atoms with Gasteiger partial charge in [0, 0.05) is 50.4 Å². The van der Waals surface area contributed by atoms with Gasteiger partial charge in [-0.25, -0.2) is 0 Å². The molecule has 0 bridgehead atoms. The highest BCUT2D eigenvalue weighted by Gasteiger charge is 2.27. The maximum atomic E-state index is 11.2. The Labute approximate surface area is 158 Å².